The molecule has 3 aromatic rings. The van der Waals surface area contributed by atoms with Crippen molar-refractivity contribution in [1.82, 2.24) is 30.3 Å². The van der Waals surface area contributed by atoms with Gasteiger partial charge in [0.1, 0.15) is 5.69 Å². The Kier molecular flexibility index (Phi) is 6.40. The van der Waals surface area contributed by atoms with Gasteiger partial charge in [0.05, 0.1) is 17.4 Å². The van der Waals surface area contributed by atoms with Gasteiger partial charge in [-0.15, -0.1) is 10.2 Å². The number of nitrogens with two attached hydrogens (primary N) is 1. The number of hydrogen-bond donors (Lipinski definition) is 3. The summed E-state index contributed by atoms with van der Waals surface area (Å²) in [6, 6.07) is 0.428. The van der Waals surface area contributed by atoms with Crippen molar-refractivity contribution in [1.29, 1.82) is 0 Å². The van der Waals surface area contributed by atoms with Crippen molar-refractivity contribution in [2.24, 2.45) is 0 Å². The van der Waals surface area contributed by atoms with Crippen LogP contribution in [0.1, 0.15) is 53.2 Å². The zero-order valence-corrected chi connectivity index (χ0v) is 18.3. The van der Waals surface area contributed by atoms with Gasteiger partial charge in [0.15, 0.2) is 5.69 Å². The molecule has 1 atom stereocenters. The molecule has 16 heteroatoms. The molecule has 0 aromatic carbocycles. The van der Waals surface area contributed by atoms with Gasteiger partial charge >= 0.3 is 12.4 Å². The third-order valence-electron chi connectivity index (χ3n) is 5.69. The highest BCUT2D eigenvalue weighted by atomic mass is 19.4. The minimum atomic E-state index is -5.19. The van der Waals surface area contributed by atoms with Gasteiger partial charge in [-0.2, -0.15) is 31.4 Å². The van der Waals surface area contributed by atoms with E-state index in [4.69, 9.17) is 10.2 Å². The van der Waals surface area contributed by atoms with Crippen LogP contribution in [0, 0.1) is 0 Å². The summed E-state index contributed by atoms with van der Waals surface area (Å²) in [4.78, 5) is 18.1. The lowest BCUT2D eigenvalue weighted by molar-refractivity contribution is -0.277. The molecule has 0 aliphatic carbocycles. The van der Waals surface area contributed by atoms with Gasteiger partial charge in [-0.1, -0.05) is 6.42 Å². The molecule has 36 heavy (non-hydrogen) atoms. The van der Waals surface area contributed by atoms with Crippen LogP contribution in [-0.2, 0) is 18.3 Å². The fraction of sp³-hybridized carbons (Fsp3) is 0.450. The summed E-state index contributed by atoms with van der Waals surface area (Å²) in [6.07, 6.45) is -8.19. The summed E-state index contributed by atoms with van der Waals surface area (Å²) in [7, 11) is 0. The monoisotopic (exact) mass is 519 g/mol. The van der Waals surface area contributed by atoms with Crippen LogP contribution in [0.15, 0.2) is 22.9 Å². The van der Waals surface area contributed by atoms with Crippen molar-refractivity contribution in [3.8, 4) is 11.6 Å². The zero-order valence-electron chi connectivity index (χ0n) is 18.3. The predicted octanol–water partition coefficient (Wildman–Crippen LogP) is 3.42. The number of nitrogen functional groups attached to an aromatic ring is 1. The van der Waals surface area contributed by atoms with Crippen LogP contribution >= 0.6 is 0 Å². The summed E-state index contributed by atoms with van der Waals surface area (Å²) in [5.74, 6) is -3.09. The first kappa shape index (κ1) is 25.4. The third-order valence-corrected chi connectivity index (χ3v) is 5.69. The average Bonchev–Trinajstić information content (AvgIpc) is 3.48. The van der Waals surface area contributed by atoms with E-state index in [0.717, 1.165) is 4.90 Å². The number of aromatic nitrogens is 5. The van der Waals surface area contributed by atoms with Gasteiger partial charge in [-0.25, -0.2) is 4.98 Å². The first-order valence-corrected chi connectivity index (χ1v) is 10.6. The molecule has 0 radical (unpaired) electrons. The fourth-order valence-electron chi connectivity index (χ4n) is 3.78. The summed E-state index contributed by atoms with van der Waals surface area (Å²) in [5.41, 5.74) is -1.11. The normalized spacial score (nSPS) is 19.9. The third kappa shape index (κ3) is 4.72. The molecule has 0 spiro atoms. The number of nitrogens with zero attached hydrogens (tertiary/aromatic N) is 5. The minimum absolute atomic E-state index is 0.0983. The standard InChI is InChI=1S/C20H19F6N7O3/c21-19(22,23)11-6-12(27)14-15-31-32-17(36-15)18(35,20(24,25)26)4-2-1-3-5-33(16(34)13(11)30-14)9-10-7-28-29-8-10/h6-8,35H,1-5,9,27H2,(H,28,29)/t18-/m1/s1. The van der Waals surface area contributed by atoms with Crippen LogP contribution in [0.3, 0.4) is 0 Å². The van der Waals surface area contributed by atoms with Gasteiger partial charge in [-0.05, 0) is 25.3 Å². The molecule has 194 valence electrons. The van der Waals surface area contributed by atoms with E-state index in [-0.39, 0.29) is 32.4 Å². The molecule has 0 saturated carbocycles. The van der Waals surface area contributed by atoms with Crippen molar-refractivity contribution < 1.29 is 40.7 Å². The Balaban J connectivity index is 1.88. The molecular formula is C20H19F6N7O3. The van der Waals surface area contributed by atoms with E-state index in [0.29, 0.717) is 11.6 Å². The maximum Gasteiger partial charge on any atom is 0.426 e. The number of nitrogens with one attached hydrogen (secondary N) is 1. The summed E-state index contributed by atoms with van der Waals surface area (Å²) in [6.45, 7) is -0.253. The van der Waals surface area contributed by atoms with E-state index >= 15 is 0 Å². The molecular weight excluding hydrogens is 500 g/mol. The number of aliphatic hydroxyl groups is 1. The molecule has 0 fully saturated rings. The lowest BCUT2D eigenvalue weighted by Gasteiger charge is -2.27. The molecule has 4 rings (SSSR count). The summed E-state index contributed by atoms with van der Waals surface area (Å²) >= 11 is 0. The highest BCUT2D eigenvalue weighted by molar-refractivity contribution is 5.95. The number of pyridine rings is 1. The Labute approximate surface area is 198 Å². The molecule has 4 heterocycles. The van der Waals surface area contributed by atoms with Crippen LogP contribution in [0.2, 0.25) is 0 Å². The number of amides is 1. The van der Waals surface area contributed by atoms with Crippen LogP contribution < -0.4 is 5.73 Å². The highest BCUT2D eigenvalue weighted by Gasteiger charge is 2.58. The van der Waals surface area contributed by atoms with E-state index < -0.39 is 64.7 Å². The minimum Gasteiger partial charge on any atom is -0.416 e. The number of rotatable bonds is 2. The van der Waals surface area contributed by atoms with E-state index in [2.05, 4.69) is 25.4 Å². The number of anilines is 1. The lowest BCUT2D eigenvalue weighted by Crippen LogP contribution is -2.42. The number of carbonyl (C=O) groups is 1. The Morgan fingerprint density at radius 3 is 2.53 bits per heavy atom. The Morgan fingerprint density at radius 1 is 1.14 bits per heavy atom. The number of H-pyrrole nitrogens is 1. The topological polar surface area (TPSA) is 147 Å². The molecule has 0 saturated heterocycles. The van der Waals surface area contributed by atoms with Crippen molar-refractivity contribution in [2.75, 3.05) is 12.3 Å². The maximum absolute atomic E-state index is 13.8. The number of alkyl halides is 6. The predicted molar refractivity (Wildman–Crippen MR) is 109 cm³/mol. The summed E-state index contributed by atoms with van der Waals surface area (Å²) < 4.78 is 87.8. The second kappa shape index (κ2) is 9.07. The van der Waals surface area contributed by atoms with E-state index in [1.54, 1.807) is 0 Å². The Bertz CT molecular complexity index is 1240. The van der Waals surface area contributed by atoms with Crippen molar-refractivity contribution in [2.45, 2.75) is 50.2 Å². The number of halogens is 6. The van der Waals surface area contributed by atoms with E-state index in [1.807, 2.05) is 0 Å². The molecule has 4 bridgehead atoms. The molecule has 4 N–H and O–H groups in total. The fourth-order valence-corrected chi connectivity index (χ4v) is 3.78. The van der Waals surface area contributed by atoms with E-state index in [9.17, 15) is 36.2 Å². The molecule has 10 nitrogen and oxygen atoms in total. The molecule has 0 unspecified atom stereocenters. The van der Waals surface area contributed by atoms with Gasteiger partial charge in [0.25, 0.3) is 17.7 Å². The van der Waals surface area contributed by atoms with Gasteiger partial charge in [-0.3, -0.25) is 9.89 Å². The van der Waals surface area contributed by atoms with Gasteiger partial charge in [0.2, 0.25) is 5.60 Å². The van der Waals surface area contributed by atoms with Crippen molar-refractivity contribution >= 4 is 11.6 Å². The van der Waals surface area contributed by atoms with Crippen LogP contribution in [0.4, 0.5) is 32.0 Å². The van der Waals surface area contributed by atoms with Crippen molar-refractivity contribution in [3.05, 3.63) is 41.2 Å². The lowest BCUT2D eigenvalue weighted by atomic mass is 9.95. The summed E-state index contributed by atoms with van der Waals surface area (Å²) in [5, 5.41) is 23.4. The smallest absolute Gasteiger partial charge is 0.416 e. The molecule has 1 aliphatic rings. The van der Waals surface area contributed by atoms with Crippen molar-refractivity contribution in [3.63, 3.8) is 0 Å². The van der Waals surface area contributed by atoms with Gasteiger partial charge < -0.3 is 20.2 Å². The largest absolute Gasteiger partial charge is 0.426 e. The highest BCUT2D eigenvalue weighted by Crippen LogP contribution is 2.43. The SMILES string of the molecule is Nc1cc(C(F)(F)F)c2nc1-c1nnc(o1)[C@@](O)(C(F)(F)F)CCCCCN(Cc1cn[nH]c1)C2=O. The second-order valence-electron chi connectivity index (χ2n) is 8.23. The first-order chi connectivity index (χ1) is 16.8. The molecule has 1 amide bonds. The number of fused-ring (bicyclic) bond motifs is 5. The second-order valence-corrected chi connectivity index (χ2v) is 8.23. The van der Waals surface area contributed by atoms with E-state index in [1.165, 1.54) is 12.4 Å². The molecule has 3 aromatic heterocycles. The number of hydrogen-bond acceptors (Lipinski definition) is 8. The maximum atomic E-state index is 13.8. The Hall–Kier alpha value is -3.69. The van der Waals surface area contributed by atoms with Crippen LogP contribution in [0.25, 0.3) is 11.6 Å². The first-order valence-electron chi connectivity index (χ1n) is 10.6. The van der Waals surface area contributed by atoms with Crippen LogP contribution in [0.5, 0.6) is 0 Å². The number of aromatic amines is 1. The zero-order chi connectivity index (χ0) is 26.3. The molecule has 1 aliphatic heterocycles. The van der Waals surface area contributed by atoms with Gasteiger partial charge in [0, 0.05) is 24.8 Å². The number of carbonyl (C=O) groups excluding carboxylic acids is 1. The van der Waals surface area contributed by atoms with Crippen LogP contribution in [-0.4, -0.2) is 54.0 Å². The average molecular weight is 519 g/mol. The quantitative estimate of drug-likeness (QED) is 0.437. The Morgan fingerprint density at radius 2 is 1.89 bits per heavy atom.